The fraction of sp³-hybridized carbons (Fsp3) is 0.480. The van der Waals surface area contributed by atoms with Crippen LogP contribution in [0.5, 0.6) is 0 Å². The van der Waals surface area contributed by atoms with E-state index in [1.54, 1.807) is 30.6 Å². The Labute approximate surface area is 200 Å². The first-order valence-electron chi connectivity index (χ1n) is 12.0. The molecule has 0 bridgehead atoms. The lowest BCUT2D eigenvalue weighted by atomic mass is 9.99. The van der Waals surface area contributed by atoms with Crippen LogP contribution in [0.15, 0.2) is 47.6 Å². The molecule has 2 aliphatic heterocycles. The van der Waals surface area contributed by atoms with Gasteiger partial charge in [-0.05, 0) is 74.4 Å². The van der Waals surface area contributed by atoms with E-state index >= 15 is 0 Å². The smallest absolute Gasteiger partial charge is 0.243 e. The zero-order valence-corrected chi connectivity index (χ0v) is 20.1. The van der Waals surface area contributed by atoms with Crippen LogP contribution in [0.1, 0.15) is 43.7 Å². The fourth-order valence-corrected chi connectivity index (χ4v) is 6.57. The highest BCUT2D eigenvalue weighted by Gasteiger charge is 2.40. The third-order valence-electron chi connectivity index (χ3n) is 7.01. The molecule has 1 saturated heterocycles. The summed E-state index contributed by atoms with van der Waals surface area (Å²) in [4.78, 5) is 31.6. The number of amides is 2. The Morgan fingerprint density at radius 1 is 1.15 bits per heavy atom. The van der Waals surface area contributed by atoms with Crippen molar-refractivity contribution in [1.82, 2.24) is 14.6 Å². The molecular formula is C25H30N4O4S. The number of nitrogens with zero attached hydrogens (tertiary/aromatic N) is 3. The van der Waals surface area contributed by atoms with Crippen molar-refractivity contribution in [2.45, 2.75) is 56.5 Å². The van der Waals surface area contributed by atoms with Crippen molar-refractivity contribution in [3.05, 3.63) is 53.9 Å². The molecule has 1 aromatic heterocycles. The van der Waals surface area contributed by atoms with Crippen LogP contribution in [-0.4, -0.2) is 48.7 Å². The molecule has 1 aliphatic carbocycles. The van der Waals surface area contributed by atoms with E-state index in [0.29, 0.717) is 32.4 Å². The Bertz CT molecular complexity index is 1200. The minimum atomic E-state index is -3.74. The summed E-state index contributed by atoms with van der Waals surface area (Å²) in [6.45, 7) is 2.94. The van der Waals surface area contributed by atoms with E-state index in [2.05, 4.69) is 10.3 Å². The molecule has 180 valence electrons. The zero-order valence-electron chi connectivity index (χ0n) is 19.3. The number of nitrogens with one attached hydrogen (secondary N) is 1. The van der Waals surface area contributed by atoms with E-state index in [4.69, 9.17) is 0 Å². The van der Waals surface area contributed by atoms with Crippen molar-refractivity contribution < 1.29 is 18.0 Å². The highest BCUT2D eigenvalue weighted by atomic mass is 32.2. The minimum absolute atomic E-state index is 0.0314. The highest BCUT2D eigenvalue weighted by Crippen LogP contribution is 2.40. The SMILES string of the molecule is C[C@H]1Cc2cc(S(=O)(=O)N3CCC[C@@H](C(=O)NCc4cccnc4)C3)ccc2N1C(=O)C1CC1. The molecule has 8 nitrogen and oxygen atoms in total. The van der Waals surface area contributed by atoms with Crippen molar-refractivity contribution in [2.75, 3.05) is 18.0 Å². The normalized spacial score (nSPS) is 22.9. The maximum Gasteiger partial charge on any atom is 0.243 e. The summed E-state index contributed by atoms with van der Waals surface area (Å²) in [6.07, 6.45) is 7.20. The number of anilines is 1. The van der Waals surface area contributed by atoms with E-state index in [1.165, 1.54) is 4.31 Å². The van der Waals surface area contributed by atoms with Gasteiger partial charge in [-0.3, -0.25) is 14.6 Å². The zero-order chi connectivity index (χ0) is 23.9. The van der Waals surface area contributed by atoms with Crippen LogP contribution in [0.25, 0.3) is 0 Å². The number of carbonyl (C=O) groups is 2. The largest absolute Gasteiger partial charge is 0.352 e. The summed E-state index contributed by atoms with van der Waals surface area (Å²) >= 11 is 0. The van der Waals surface area contributed by atoms with Crippen LogP contribution >= 0.6 is 0 Å². The van der Waals surface area contributed by atoms with Crippen molar-refractivity contribution in [1.29, 1.82) is 0 Å². The van der Waals surface area contributed by atoms with Gasteiger partial charge in [0.25, 0.3) is 0 Å². The molecule has 3 aliphatic rings. The summed E-state index contributed by atoms with van der Waals surface area (Å²) in [7, 11) is -3.74. The molecule has 1 N–H and O–H groups in total. The first kappa shape index (κ1) is 23.0. The molecule has 2 atom stereocenters. The summed E-state index contributed by atoms with van der Waals surface area (Å²) in [5.41, 5.74) is 2.62. The van der Waals surface area contributed by atoms with Gasteiger partial charge in [-0.15, -0.1) is 0 Å². The average Bonchev–Trinajstić information content (AvgIpc) is 3.64. The van der Waals surface area contributed by atoms with Gasteiger partial charge in [0.15, 0.2) is 0 Å². The first-order chi connectivity index (χ1) is 16.3. The van der Waals surface area contributed by atoms with Gasteiger partial charge in [0.05, 0.1) is 10.8 Å². The van der Waals surface area contributed by atoms with Crippen LogP contribution in [-0.2, 0) is 32.6 Å². The molecule has 2 amide bonds. The topological polar surface area (TPSA) is 99.7 Å². The van der Waals surface area contributed by atoms with Gasteiger partial charge < -0.3 is 10.2 Å². The molecule has 34 heavy (non-hydrogen) atoms. The second-order valence-corrected chi connectivity index (χ2v) is 11.5. The van der Waals surface area contributed by atoms with Crippen LogP contribution in [0.3, 0.4) is 0 Å². The second kappa shape index (κ2) is 9.11. The molecule has 5 rings (SSSR count). The molecule has 0 spiro atoms. The maximum absolute atomic E-state index is 13.5. The Hall–Kier alpha value is -2.78. The second-order valence-electron chi connectivity index (χ2n) is 9.61. The number of aromatic nitrogens is 1. The predicted molar refractivity (Wildman–Crippen MR) is 127 cm³/mol. The number of piperidine rings is 1. The standard InChI is InChI=1S/C25H30N4O4S/c1-17-12-21-13-22(8-9-23(21)29(17)25(31)19-6-7-19)34(32,33)28-11-3-5-20(16-28)24(30)27-15-18-4-2-10-26-14-18/h2,4,8-10,13-14,17,19-20H,3,5-7,11-12,15-16H2,1H3,(H,27,30)/t17-,20+/m0/s1. The molecule has 1 aromatic carbocycles. The van der Waals surface area contributed by atoms with Crippen LogP contribution in [0, 0.1) is 11.8 Å². The Morgan fingerprint density at radius 2 is 1.97 bits per heavy atom. The van der Waals surface area contributed by atoms with Gasteiger partial charge in [-0.25, -0.2) is 8.42 Å². The lowest BCUT2D eigenvalue weighted by Crippen LogP contribution is -2.45. The van der Waals surface area contributed by atoms with Crippen molar-refractivity contribution in [3.8, 4) is 0 Å². The number of hydrogen-bond donors (Lipinski definition) is 1. The number of sulfonamides is 1. The number of rotatable bonds is 6. The fourth-order valence-electron chi connectivity index (χ4n) is 4.99. The molecule has 0 unspecified atom stereocenters. The summed E-state index contributed by atoms with van der Waals surface area (Å²) in [5.74, 6) is -0.258. The van der Waals surface area contributed by atoms with E-state index < -0.39 is 10.0 Å². The number of carbonyl (C=O) groups excluding carboxylic acids is 2. The number of pyridine rings is 1. The predicted octanol–water partition coefficient (Wildman–Crippen LogP) is 2.49. The van der Waals surface area contributed by atoms with Gasteiger partial charge in [-0.1, -0.05) is 6.07 Å². The first-order valence-corrected chi connectivity index (χ1v) is 13.4. The quantitative estimate of drug-likeness (QED) is 0.682. The Kier molecular flexibility index (Phi) is 6.16. The highest BCUT2D eigenvalue weighted by molar-refractivity contribution is 7.89. The Balaban J connectivity index is 1.28. The van der Waals surface area contributed by atoms with Gasteiger partial charge in [-0.2, -0.15) is 4.31 Å². The molecule has 0 radical (unpaired) electrons. The lowest BCUT2D eigenvalue weighted by Gasteiger charge is -2.31. The molecule has 1 saturated carbocycles. The van der Waals surface area contributed by atoms with Crippen LogP contribution in [0.4, 0.5) is 5.69 Å². The lowest BCUT2D eigenvalue weighted by molar-refractivity contribution is -0.126. The van der Waals surface area contributed by atoms with Crippen molar-refractivity contribution in [2.24, 2.45) is 11.8 Å². The third-order valence-corrected chi connectivity index (χ3v) is 8.87. The van der Waals surface area contributed by atoms with Crippen molar-refractivity contribution in [3.63, 3.8) is 0 Å². The van der Waals surface area contributed by atoms with E-state index in [0.717, 1.165) is 29.7 Å². The maximum atomic E-state index is 13.5. The minimum Gasteiger partial charge on any atom is -0.352 e. The number of hydrogen-bond acceptors (Lipinski definition) is 5. The van der Waals surface area contributed by atoms with Crippen LogP contribution < -0.4 is 10.2 Å². The van der Waals surface area contributed by atoms with Gasteiger partial charge in [0.2, 0.25) is 21.8 Å². The van der Waals surface area contributed by atoms with E-state index in [9.17, 15) is 18.0 Å². The molecular weight excluding hydrogens is 452 g/mol. The van der Waals surface area contributed by atoms with Crippen LogP contribution in [0.2, 0.25) is 0 Å². The summed E-state index contributed by atoms with van der Waals surface area (Å²) < 4.78 is 28.3. The van der Waals surface area contributed by atoms with E-state index in [1.807, 2.05) is 24.0 Å². The third kappa shape index (κ3) is 4.46. The number of fused-ring (bicyclic) bond motifs is 1. The summed E-state index contributed by atoms with van der Waals surface area (Å²) in [5, 5.41) is 2.91. The Morgan fingerprint density at radius 3 is 2.71 bits per heavy atom. The molecule has 2 aromatic rings. The van der Waals surface area contributed by atoms with E-state index in [-0.39, 0.29) is 41.1 Å². The number of benzene rings is 1. The van der Waals surface area contributed by atoms with Gasteiger partial charge in [0, 0.05) is 49.7 Å². The molecule has 9 heteroatoms. The summed E-state index contributed by atoms with van der Waals surface area (Å²) in [6, 6.07) is 8.82. The van der Waals surface area contributed by atoms with Crippen molar-refractivity contribution >= 4 is 27.5 Å². The monoisotopic (exact) mass is 482 g/mol. The van der Waals surface area contributed by atoms with Gasteiger partial charge in [0.1, 0.15) is 0 Å². The van der Waals surface area contributed by atoms with Gasteiger partial charge >= 0.3 is 0 Å². The molecule has 2 fully saturated rings. The molecule has 3 heterocycles. The average molecular weight is 483 g/mol.